The molecule has 0 saturated heterocycles. The van der Waals surface area contributed by atoms with Gasteiger partial charge in [0.15, 0.2) is 0 Å². The maximum atomic E-state index is 8.82. The van der Waals surface area contributed by atoms with Crippen molar-refractivity contribution in [2.75, 3.05) is 5.73 Å². The van der Waals surface area contributed by atoms with Crippen molar-refractivity contribution in [1.29, 1.82) is 5.26 Å². The highest BCUT2D eigenvalue weighted by atomic mass is 35.5. The number of allylic oxidation sites excluding steroid dienone is 2. The van der Waals surface area contributed by atoms with Gasteiger partial charge in [0.25, 0.3) is 0 Å². The maximum absolute atomic E-state index is 8.82. The lowest BCUT2D eigenvalue weighted by Gasteiger charge is -2.36. The van der Waals surface area contributed by atoms with Crippen LogP contribution in [0.2, 0.25) is 5.02 Å². The van der Waals surface area contributed by atoms with Crippen molar-refractivity contribution in [3.63, 3.8) is 0 Å². The van der Waals surface area contributed by atoms with E-state index in [0.29, 0.717) is 23.3 Å². The lowest BCUT2D eigenvalue weighted by atomic mass is 9.70. The average molecular weight is 324 g/mol. The fourth-order valence-electron chi connectivity index (χ4n) is 4.19. The van der Waals surface area contributed by atoms with Crippen LogP contribution in [0.5, 0.6) is 0 Å². The second-order valence-corrected chi connectivity index (χ2v) is 7.07. The van der Waals surface area contributed by atoms with Crippen LogP contribution >= 0.6 is 11.6 Å². The molecule has 0 saturated carbocycles. The van der Waals surface area contributed by atoms with Crippen molar-refractivity contribution in [1.82, 2.24) is 4.98 Å². The topological polar surface area (TPSA) is 62.7 Å². The highest BCUT2D eigenvalue weighted by Crippen LogP contribution is 2.47. The van der Waals surface area contributed by atoms with Crippen molar-refractivity contribution in [2.24, 2.45) is 5.92 Å². The molecule has 2 N–H and O–H groups in total. The molecule has 3 nitrogen and oxygen atoms in total. The summed E-state index contributed by atoms with van der Waals surface area (Å²) in [7, 11) is 0. The van der Waals surface area contributed by atoms with Gasteiger partial charge in [-0.3, -0.25) is 4.98 Å². The molecule has 0 aliphatic heterocycles. The number of hydrogen-bond donors (Lipinski definition) is 1. The van der Waals surface area contributed by atoms with Gasteiger partial charge in [0.1, 0.15) is 0 Å². The van der Waals surface area contributed by atoms with E-state index in [1.54, 1.807) is 0 Å². The van der Waals surface area contributed by atoms with Gasteiger partial charge in [-0.05, 0) is 55.7 Å². The summed E-state index contributed by atoms with van der Waals surface area (Å²) in [5.41, 5.74) is 12.1. The van der Waals surface area contributed by atoms with Crippen LogP contribution in [0.3, 0.4) is 0 Å². The summed E-state index contributed by atoms with van der Waals surface area (Å²) in [6.07, 6.45) is 6.95. The fraction of sp³-hybridized carbons (Fsp3) is 0.368. The van der Waals surface area contributed by atoms with E-state index in [1.165, 1.54) is 11.1 Å². The molecule has 2 bridgehead atoms. The van der Waals surface area contributed by atoms with E-state index >= 15 is 0 Å². The Labute approximate surface area is 140 Å². The second kappa shape index (κ2) is 5.54. The molecule has 0 amide bonds. The highest BCUT2D eigenvalue weighted by molar-refractivity contribution is 6.31. The number of nitrogens with two attached hydrogens (primary N) is 1. The molecule has 4 rings (SSSR count). The first-order valence-corrected chi connectivity index (χ1v) is 8.47. The minimum absolute atomic E-state index is 0.440. The molecule has 2 aliphatic rings. The van der Waals surface area contributed by atoms with Crippen LogP contribution in [-0.4, -0.2) is 4.98 Å². The van der Waals surface area contributed by atoms with Crippen LogP contribution in [0.15, 0.2) is 29.8 Å². The number of nitrogen functional groups attached to an aromatic ring is 1. The molecule has 116 valence electrons. The second-order valence-electron chi connectivity index (χ2n) is 6.63. The number of nitrogens with zero attached hydrogens (tertiary/aromatic N) is 2. The van der Waals surface area contributed by atoms with E-state index in [0.717, 1.165) is 48.0 Å². The van der Waals surface area contributed by atoms with E-state index in [9.17, 15) is 0 Å². The van der Waals surface area contributed by atoms with Gasteiger partial charge >= 0.3 is 0 Å². The lowest BCUT2D eigenvalue weighted by Crippen LogP contribution is -2.24. The standard InChI is InChI=1S/C19H18ClN3/c20-14-3-4-15-16(10-14)23-17-9-12-6-11(2-1-5-21)7-13(8-12)18(17)19(15)22/h3-4,6,10,12-13H,1-2,7-9H2,(H2,22,23). The Balaban J connectivity index is 1.79. The van der Waals surface area contributed by atoms with E-state index in [4.69, 9.17) is 27.6 Å². The molecule has 2 aliphatic carbocycles. The molecule has 1 aromatic heterocycles. The van der Waals surface area contributed by atoms with Gasteiger partial charge in [-0.25, -0.2) is 0 Å². The molecular weight excluding hydrogens is 306 g/mol. The molecule has 0 fully saturated rings. The van der Waals surface area contributed by atoms with Crippen LogP contribution in [0.25, 0.3) is 10.9 Å². The Morgan fingerprint density at radius 1 is 1.35 bits per heavy atom. The maximum Gasteiger partial charge on any atom is 0.0741 e. The van der Waals surface area contributed by atoms with Crippen LogP contribution in [-0.2, 0) is 6.42 Å². The van der Waals surface area contributed by atoms with Crippen molar-refractivity contribution in [3.05, 3.63) is 46.1 Å². The van der Waals surface area contributed by atoms with E-state index in [1.807, 2.05) is 18.2 Å². The molecule has 1 aromatic carbocycles. The average Bonchev–Trinajstić information content (AvgIpc) is 2.52. The molecule has 4 heteroatoms. The third-order valence-electron chi connectivity index (χ3n) is 5.10. The van der Waals surface area contributed by atoms with Gasteiger partial charge in [-0.2, -0.15) is 5.26 Å². The van der Waals surface area contributed by atoms with Gasteiger partial charge in [0, 0.05) is 33.8 Å². The van der Waals surface area contributed by atoms with E-state index in [2.05, 4.69) is 12.1 Å². The normalized spacial score (nSPS) is 22.3. The van der Waals surface area contributed by atoms with Gasteiger partial charge in [0.05, 0.1) is 11.6 Å². The summed E-state index contributed by atoms with van der Waals surface area (Å²) in [5.74, 6) is 0.966. The minimum atomic E-state index is 0.440. The Morgan fingerprint density at radius 3 is 3.04 bits per heavy atom. The zero-order valence-electron chi connectivity index (χ0n) is 12.8. The van der Waals surface area contributed by atoms with Gasteiger partial charge in [-0.1, -0.05) is 23.3 Å². The molecular formula is C19H18ClN3. The first-order chi connectivity index (χ1) is 11.2. The number of hydrogen-bond acceptors (Lipinski definition) is 3. The monoisotopic (exact) mass is 323 g/mol. The highest BCUT2D eigenvalue weighted by Gasteiger charge is 2.33. The van der Waals surface area contributed by atoms with E-state index < -0.39 is 0 Å². The number of fused-ring (bicyclic) bond motifs is 5. The Bertz CT molecular complexity index is 863. The molecule has 0 radical (unpaired) electrons. The first-order valence-electron chi connectivity index (χ1n) is 8.09. The van der Waals surface area contributed by atoms with Crippen molar-refractivity contribution >= 4 is 28.2 Å². The number of rotatable bonds is 2. The molecule has 2 unspecified atom stereocenters. The Kier molecular flexibility index (Phi) is 3.50. The minimum Gasteiger partial charge on any atom is -0.398 e. The Morgan fingerprint density at radius 2 is 2.22 bits per heavy atom. The number of anilines is 1. The van der Waals surface area contributed by atoms with Crippen molar-refractivity contribution < 1.29 is 0 Å². The first kappa shape index (κ1) is 14.5. The number of benzene rings is 1. The third kappa shape index (κ3) is 2.48. The zero-order valence-corrected chi connectivity index (χ0v) is 13.6. The quantitative estimate of drug-likeness (QED) is 0.811. The predicted octanol–water partition coefficient (Wildman–Crippen LogP) is 4.75. The van der Waals surface area contributed by atoms with Gasteiger partial charge < -0.3 is 5.73 Å². The summed E-state index contributed by atoms with van der Waals surface area (Å²) in [5, 5.41) is 10.5. The number of aromatic nitrogens is 1. The largest absolute Gasteiger partial charge is 0.398 e. The third-order valence-corrected chi connectivity index (χ3v) is 5.33. The van der Waals surface area contributed by atoms with Crippen molar-refractivity contribution in [2.45, 2.75) is 38.0 Å². The fourth-order valence-corrected chi connectivity index (χ4v) is 4.36. The summed E-state index contributed by atoms with van der Waals surface area (Å²) < 4.78 is 0. The summed E-state index contributed by atoms with van der Waals surface area (Å²) >= 11 is 6.10. The van der Waals surface area contributed by atoms with Crippen LogP contribution < -0.4 is 5.73 Å². The smallest absolute Gasteiger partial charge is 0.0741 e. The molecule has 2 atom stereocenters. The molecule has 2 aromatic rings. The summed E-state index contributed by atoms with van der Waals surface area (Å²) in [6, 6.07) is 7.99. The van der Waals surface area contributed by atoms with Crippen molar-refractivity contribution in [3.8, 4) is 6.07 Å². The van der Waals surface area contributed by atoms with Gasteiger partial charge in [0.2, 0.25) is 0 Å². The van der Waals surface area contributed by atoms with Crippen LogP contribution in [0.1, 0.15) is 42.9 Å². The Hall–Kier alpha value is -2.05. The van der Waals surface area contributed by atoms with Crippen LogP contribution in [0, 0.1) is 17.2 Å². The number of nitriles is 1. The zero-order chi connectivity index (χ0) is 16.0. The number of halogens is 1. The summed E-state index contributed by atoms with van der Waals surface area (Å²) in [6.45, 7) is 0. The predicted molar refractivity (Wildman–Crippen MR) is 93.3 cm³/mol. The molecule has 1 heterocycles. The molecule has 0 spiro atoms. The summed E-state index contributed by atoms with van der Waals surface area (Å²) in [4.78, 5) is 4.86. The molecule has 23 heavy (non-hydrogen) atoms. The van der Waals surface area contributed by atoms with E-state index in [-0.39, 0.29) is 0 Å². The lowest BCUT2D eigenvalue weighted by molar-refractivity contribution is 0.428. The SMILES string of the molecule is N#CCCC1=CC2Cc3nc4cc(Cl)ccc4c(N)c3C(C1)C2. The van der Waals surface area contributed by atoms with Crippen LogP contribution in [0.4, 0.5) is 5.69 Å². The van der Waals surface area contributed by atoms with Gasteiger partial charge in [-0.15, -0.1) is 0 Å². The number of pyridine rings is 1.